The van der Waals surface area contributed by atoms with Crippen molar-refractivity contribution in [1.29, 1.82) is 0 Å². The molecule has 0 saturated carbocycles. The first-order valence-corrected chi connectivity index (χ1v) is 8.10. The molecule has 1 aromatic carbocycles. The van der Waals surface area contributed by atoms with Gasteiger partial charge in [0, 0.05) is 50.9 Å². The van der Waals surface area contributed by atoms with Crippen molar-refractivity contribution in [3.63, 3.8) is 0 Å². The molecule has 134 valence electrons. The first kappa shape index (κ1) is 19.1. The van der Waals surface area contributed by atoms with E-state index in [9.17, 15) is 9.18 Å². The number of nitrogens with zero attached hydrogens (tertiary/aromatic N) is 3. The maximum absolute atomic E-state index is 13.2. The normalized spacial score (nSPS) is 14.8. The van der Waals surface area contributed by atoms with Gasteiger partial charge in [0.1, 0.15) is 5.82 Å². The van der Waals surface area contributed by atoms with E-state index in [2.05, 4.69) is 14.8 Å². The summed E-state index contributed by atoms with van der Waals surface area (Å²) in [5.74, 6) is -0.511. The average molecular weight is 365 g/mol. The highest BCUT2D eigenvalue weighted by Crippen LogP contribution is 2.29. The number of halogens is 2. The van der Waals surface area contributed by atoms with Gasteiger partial charge in [0.05, 0.1) is 11.4 Å². The van der Waals surface area contributed by atoms with Crippen LogP contribution < -0.4 is 10.6 Å². The molecule has 3 rings (SSSR count). The van der Waals surface area contributed by atoms with Crippen LogP contribution in [0.1, 0.15) is 6.42 Å². The predicted octanol–water partition coefficient (Wildman–Crippen LogP) is 2.31. The number of hydrogen-bond acceptors (Lipinski definition) is 4. The van der Waals surface area contributed by atoms with E-state index in [1.54, 1.807) is 18.3 Å². The molecule has 1 aliphatic heterocycles. The highest BCUT2D eigenvalue weighted by atomic mass is 35.5. The first-order chi connectivity index (χ1) is 11.6. The summed E-state index contributed by atoms with van der Waals surface area (Å²) >= 11 is 0. The van der Waals surface area contributed by atoms with Gasteiger partial charge in [0.15, 0.2) is 0 Å². The molecule has 0 bridgehead atoms. The molecule has 7 heteroatoms. The lowest BCUT2D eigenvalue weighted by atomic mass is 10.1. The molecule has 25 heavy (non-hydrogen) atoms. The molecule has 2 aromatic rings. The summed E-state index contributed by atoms with van der Waals surface area (Å²) in [5, 5.41) is 0. The van der Waals surface area contributed by atoms with Gasteiger partial charge in [-0.2, -0.15) is 0 Å². The van der Waals surface area contributed by atoms with Crippen LogP contribution in [0.15, 0.2) is 42.6 Å². The minimum absolute atomic E-state index is 0. The molecule has 5 nitrogen and oxygen atoms in total. The summed E-state index contributed by atoms with van der Waals surface area (Å²) in [4.78, 5) is 19.9. The van der Waals surface area contributed by atoms with E-state index >= 15 is 0 Å². The monoisotopic (exact) mass is 364 g/mol. The highest BCUT2D eigenvalue weighted by molar-refractivity contribution is 5.85. The Kier molecular flexibility index (Phi) is 6.73. The SMILES string of the molecule is Cl.NC(=O)CCN1CCN(c2cccnc2-c2ccc(F)cc2)CC1. The number of carbonyl (C=O) groups is 1. The van der Waals surface area contributed by atoms with E-state index in [0.29, 0.717) is 13.0 Å². The molecule has 2 N–H and O–H groups in total. The maximum Gasteiger partial charge on any atom is 0.218 e. The van der Waals surface area contributed by atoms with Crippen molar-refractivity contribution in [2.45, 2.75) is 6.42 Å². The van der Waals surface area contributed by atoms with Gasteiger partial charge in [-0.1, -0.05) is 0 Å². The number of carbonyl (C=O) groups excluding carboxylic acids is 1. The van der Waals surface area contributed by atoms with Crippen LogP contribution in [-0.2, 0) is 4.79 Å². The molecule has 1 fully saturated rings. The van der Waals surface area contributed by atoms with Crippen LogP contribution in [0.3, 0.4) is 0 Å². The number of piperazine rings is 1. The number of anilines is 1. The van der Waals surface area contributed by atoms with Gasteiger partial charge in [0.25, 0.3) is 0 Å². The number of hydrogen-bond donors (Lipinski definition) is 1. The van der Waals surface area contributed by atoms with Crippen molar-refractivity contribution in [3.05, 3.63) is 48.4 Å². The maximum atomic E-state index is 13.2. The molecule has 0 aliphatic carbocycles. The van der Waals surface area contributed by atoms with Crippen LogP contribution in [0, 0.1) is 5.82 Å². The van der Waals surface area contributed by atoms with Crippen LogP contribution in [0.4, 0.5) is 10.1 Å². The summed E-state index contributed by atoms with van der Waals surface area (Å²) in [7, 11) is 0. The fourth-order valence-corrected chi connectivity index (χ4v) is 2.96. The standard InChI is InChI=1S/C18H21FN4O.ClH/c19-15-5-3-14(4-6-15)18-16(2-1-8-21-18)23-12-10-22(11-13-23)9-7-17(20)24;/h1-6,8H,7,9-13H2,(H2,20,24);1H. The molecule has 1 amide bonds. The smallest absolute Gasteiger partial charge is 0.218 e. The van der Waals surface area contributed by atoms with Crippen molar-refractivity contribution in [2.24, 2.45) is 5.73 Å². The van der Waals surface area contributed by atoms with E-state index in [4.69, 9.17) is 5.73 Å². The number of nitrogens with two attached hydrogens (primary N) is 1. The Hall–Kier alpha value is -2.18. The lowest BCUT2D eigenvalue weighted by Gasteiger charge is -2.36. The zero-order valence-electron chi connectivity index (χ0n) is 13.9. The Morgan fingerprint density at radius 2 is 1.80 bits per heavy atom. The predicted molar refractivity (Wildman–Crippen MR) is 99.3 cm³/mol. The Labute approximate surface area is 153 Å². The number of rotatable bonds is 5. The Morgan fingerprint density at radius 3 is 2.44 bits per heavy atom. The molecule has 0 unspecified atom stereocenters. The third-order valence-corrected chi connectivity index (χ3v) is 4.29. The Balaban J connectivity index is 0.00000225. The third-order valence-electron chi connectivity index (χ3n) is 4.29. The van der Waals surface area contributed by atoms with Crippen molar-refractivity contribution in [1.82, 2.24) is 9.88 Å². The number of amides is 1. The largest absolute Gasteiger partial charge is 0.370 e. The zero-order chi connectivity index (χ0) is 16.9. The van der Waals surface area contributed by atoms with Crippen LogP contribution in [0.25, 0.3) is 11.3 Å². The summed E-state index contributed by atoms with van der Waals surface area (Å²) < 4.78 is 13.2. The topological polar surface area (TPSA) is 62.5 Å². The first-order valence-electron chi connectivity index (χ1n) is 8.10. The van der Waals surface area contributed by atoms with Crippen LogP contribution >= 0.6 is 12.4 Å². The van der Waals surface area contributed by atoms with Crippen LogP contribution in [0.2, 0.25) is 0 Å². The third kappa shape index (κ3) is 4.90. The number of benzene rings is 1. The fraction of sp³-hybridized carbons (Fsp3) is 0.333. The van der Waals surface area contributed by atoms with Gasteiger partial charge in [-0.15, -0.1) is 12.4 Å². The quantitative estimate of drug-likeness (QED) is 0.884. The van der Waals surface area contributed by atoms with Crippen molar-refractivity contribution >= 4 is 24.0 Å². The second-order valence-electron chi connectivity index (χ2n) is 5.92. The molecular formula is C18H22ClFN4O. The molecule has 1 aliphatic rings. The minimum Gasteiger partial charge on any atom is -0.370 e. The molecule has 0 radical (unpaired) electrons. The van der Waals surface area contributed by atoms with E-state index in [1.165, 1.54) is 12.1 Å². The second kappa shape index (κ2) is 8.78. The van der Waals surface area contributed by atoms with Crippen molar-refractivity contribution in [3.8, 4) is 11.3 Å². The number of aromatic nitrogens is 1. The average Bonchev–Trinajstić information content (AvgIpc) is 2.61. The van der Waals surface area contributed by atoms with Gasteiger partial charge in [-0.3, -0.25) is 14.7 Å². The number of pyridine rings is 1. The van der Waals surface area contributed by atoms with E-state index in [1.807, 2.05) is 12.1 Å². The molecule has 0 spiro atoms. The summed E-state index contributed by atoms with van der Waals surface area (Å²) in [6, 6.07) is 10.4. The van der Waals surface area contributed by atoms with Crippen LogP contribution in [0.5, 0.6) is 0 Å². The lowest BCUT2D eigenvalue weighted by Crippen LogP contribution is -2.47. The highest BCUT2D eigenvalue weighted by Gasteiger charge is 2.20. The second-order valence-corrected chi connectivity index (χ2v) is 5.92. The fourth-order valence-electron chi connectivity index (χ4n) is 2.96. The Bertz CT molecular complexity index is 702. The number of primary amides is 1. The van der Waals surface area contributed by atoms with Gasteiger partial charge in [-0.05, 0) is 36.4 Å². The molecular weight excluding hydrogens is 343 g/mol. The van der Waals surface area contributed by atoms with Gasteiger partial charge >= 0.3 is 0 Å². The van der Waals surface area contributed by atoms with E-state index < -0.39 is 0 Å². The van der Waals surface area contributed by atoms with Crippen LogP contribution in [-0.4, -0.2) is 48.5 Å². The van der Waals surface area contributed by atoms with Crippen molar-refractivity contribution in [2.75, 3.05) is 37.6 Å². The minimum atomic E-state index is -0.261. The summed E-state index contributed by atoms with van der Waals surface area (Å²) in [5.41, 5.74) is 8.04. The van der Waals surface area contributed by atoms with Gasteiger partial charge < -0.3 is 10.6 Å². The molecule has 1 aromatic heterocycles. The van der Waals surface area contributed by atoms with E-state index in [-0.39, 0.29) is 24.1 Å². The van der Waals surface area contributed by atoms with E-state index in [0.717, 1.165) is 43.1 Å². The zero-order valence-corrected chi connectivity index (χ0v) is 14.7. The van der Waals surface area contributed by atoms with Gasteiger partial charge in [-0.25, -0.2) is 4.39 Å². The molecule has 1 saturated heterocycles. The van der Waals surface area contributed by atoms with Gasteiger partial charge in [0.2, 0.25) is 5.91 Å². The Morgan fingerprint density at radius 1 is 1.12 bits per heavy atom. The molecule has 2 heterocycles. The summed E-state index contributed by atoms with van der Waals surface area (Å²) in [6.45, 7) is 4.19. The molecule has 0 atom stereocenters. The lowest BCUT2D eigenvalue weighted by molar-refractivity contribution is -0.118. The summed E-state index contributed by atoms with van der Waals surface area (Å²) in [6.07, 6.45) is 2.15. The van der Waals surface area contributed by atoms with Crippen molar-refractivity contribution < 1.29 is 9.18 Å².